The van der Waals surface area contributed by atoms with Gasteiger partial charge in [-0.1, -0.05) is 32.0 Å². The molecule has 3 aromatic rings. The van der Waals surface area contributed by atoms with E-state index in [1.54, 1.807) is 24.3 Å². The Morgan fingerprint density at radius 2 is 1.87 bits per heavy atom. The molecule has 0 bridgehead atoms. The van der Waals surface area contributed by atoms with Gasteiger partial charge in [-0.15, -0.1) is 0 Å². The highest BCUT2D eigenvalue weighted by Crippen LogP contribution is 2.44. The number of benzene rings is 3. The lowest BCUT2D eigenvalue weighted by Crippen LogP contribution is -2.31. The smallest absolute Gasteiger partial charge is 0.261 e. The van der Waals surface area contributed by atoms with Crippen molar-refractivity contribution in [3.8, 4) is 6.07 Å². The summed E-state index contributed by atoms with van der Waals surface area (Å²) in [5, 5.41) is 12.7. The molecule has 4 rings (SSSR count). The van der Waals surface area contributed by atoms with Crippen LogP contribution in [0.4, 0.5) is 15.8 Å². The maximum atomic E-state index is 13.5. The van der Waals surface area contributed by atoms with Gasteiger partial charge < -0.3 is 5.32 Å². The van der Waals surface area contributed by atoms with Crippen LogP contribution in [0, 0.1) is 17.1 Å². The molecule has 2 N–H and O–H groups in total. The van der Waals surface area contributed by atoms with Crippen molar-refractivity contribution >= 4 is 21.4 Å². The van der Waals surface area contributed by atoms with Crippen LogP contribution in [0.5, 0.6) is 0 Å². The summed E-state index contributed by atoms with van der Waals surface area (Å²) in [5.74, 6) is -0.608. The Balaban J connectivity index is 1.62. The number of nitriles is 1. The van der Waals surface area contributed by atoms with Gasteiger partial charge in [-0.25, -0.2) is 12.8 Å². The number of hydrogen-bond acceptors (Lipinski definition) is 4. The van der Waals surface area contributed by atoms with Crippen molar-refractivity contribution in [1.29, 1.82) is 5.26 Å². The second-order valence-corrected chi connectivity index (χ2v) is 10.0. The zero-order valence-corrected chi connectivity index (χ0v) is 18.0. The molecule has 3 aromatic carbocycles. The van der Waals surface area contributed by atoms with Crippen LogP contribution in [0.1, 0.15) is 43.0 Å². The summed E-state index contributed by atoms with van der Waals surface area (Å²) < 4.78 is 41.3. The molecular formula is C24H22FN3O2S. The van der Waals surface area contributed by atoms with Gasteiger partial charge >= 0.3 is 0 Å². The molecule has 0 aromatic heterocycles. The van der Waals surface area contributed by atoms with E-state index >= 15 is 0 Å². The van der Waals surface area contributed by atoms with E-state index in [4.69, 9.17) is 0 Å². The molecule has 0 fully saturated rings. The van der Waals surface area contributed by atoms with Crippen molar-refractivity contribution in [2.75, 3.05) is 10.0 Å². The number of fused-ring (bicyclic) bond motifs is 1. The van der Waals surface area contributed by atoms with Gasteiger partial charge in [0.2, 0.25) is 0 Å². The van der Waals surface area contributed by atoms with Crippen molar-refractivity contribution in [3.05, 3.63) is 89.2 Å². The van der Waals surface area contributed by atoms with E-state index in [1.807, 2.05) is 18.2 Å². The molecule has 1 atom stereocenters. The number of rotatable bonds is 4. The molecule has 5 nitrogen and oxygen atoms in total. The first kappa shape index (κ1) is 20.9. The minimum atomic E-state index is -3.90. The highest BCUT2D eigenvalue weighted by Gasteiger charge is 2.33. The molecule has 158 valence electrons. The highest BCUT2D eigenvalue weighted by molar-refractivity contribution is 7.92. The SMILES string of the molecule is CC1(C)CC(c2cccc(NS(=O)(=O)c3cccc(F)c3)c2)Nc2ccc(C#N)cc21. The summed E-state index contributed by atoms with van der Waals surface area (Å²) in [6.45, 7) is 4.27. The van der Waals surface area contributed by atoms with Crippen molar-refractivity contribution in [3.63, 3.8) is 0 Å². The molecule has 1 aliphatic heterocycles. The monoisotopic (exact) mass is 435 g/mol. The Morgan fingerprint density at radius 3 is 2.61 bits per heavy atom. The van der Waals surface area contributed by atoms with E-state index in [1.165, 1.54) is 18.2 Å². The van der Waals surface area contributed by atoms with Crippen LogP contribution in [0.3, 0.4) is 0 Å². The van der Waals surface area contributed by atoms with Gasteiger partial charge in [0.1, 0.15) is 5.82 Å². The zero-order valence-electron chi connectivity index (χ0n) is 17.2. The van der Waals surface area contributed by atoms with Crippen molar-refractivity contribution in [1.82, 2.24) is 0 Å². The number of nitrogens with one attached hydrogen (secondary N) is 2. The average Bonchev–Trinajstić information content (AvgIpc) is 2.73. The molecule has 31 heavy (non-hydrogen) atoms. The summed E-state index contributed by atoms with van der Waals surface area (Å²) >= 11 is 0. The molecule has 0 aliphatic carbocycles. The first-order valence-corrected chi connectivity index (χ1v) is 11.4. The average molecular weight is 436 g/mol. The first-order chi connectivity index (χ1) is 14.7. The van der Waals surface area contributed by atoms with Crippen LogP contribution in [-0.2, 0) is 15.4 Å². The van der Waals surface area contributed by atoms with Crippen LogP contribution in [-0.4, -0.2) is 8.42 Å². The first-order valence-electron chi connectivity index (χ1n) is 9.87. The Morgan fingerprint density at radius 1 is 1.10 bits per heavy atom. The predicted molar refractivity (Wildman–Crippen MR) is 119 cm³/mol. The van der Waals surface area contributed by atoms with Crippen LogP contribution in [0.2, 0.25) is 0 Å². The topological polar surface area (TPSA) is 82.0 Å². The summed E-state index contributed by atoms with van der Waals surface area (Å²) in [6, 6.07) is 19.9. The van der Waals surface area contributed by atoms with Gasteiger partial charge in [0, 0.05) is 11.4 Å². The third kappa shape index (κ3) is 4.25. The van der Waals surface area contributed by atoms with E-state index in [0.29, 0.717) is 11.3 Å². The fourth-order valence-corrected chi connectivity index (χ4v) is 5.11. The Hall–Kier alpha value is -3.37. The lowest BCUT2D eigenvalue weighted by Gasteiger charge is -2.39. The molecule has 1 unspecified atom stereocenters. The van der Waals surface area contributed by atoms with Gasteiger partial charge in [-0.05, 0) is 71.5 Å². The minimum Gasteiger partial charge on any atom is -0.378 e. The van der Waals surface area contributed by atoms with E-state index in [0.717, 1.165) is 29.3 Å². The molecule has 0 saturated carbocycles. The third-order valence-corrected chi connectivity index (χ3v) is 6.95. The third-order valence-electron chi connectivity index (χ3n) is 5.57. The van der Waals surface area contributed by atoms with Gasteiger partial charge in [-0.2, -0.15) is 5.26 Å². The molecule has 1 aliphatic rings. The highest BCUT2D eigenvalue weighted by atomic mass is 32.2. The largest absolute Gasteiger partial charge is 0.378 e. The van der Waals surface area contributed by atoms with Crippen LogP contribution in [0.25, 0.3) is 0 Å². The van der Waals surface area contributed by atoms with Gasteiger partial charge in [0.15, 0.2) is 0 Å². The van der Waals surface area contributed by atoms with Crippen molar-refractivity contribution < 1.29 is 12.8 Å². The van der Waals surface area contributed by atoms with Crippen LogP contribution in [0.15, 0.2) is 71.6 Å². The van der Waals surface area contributed by atoms with E-state index in [-0.39, 0.29) is 16.4 Å². The summed E-state index contributed by atoms with van der Waals surface area (Å²) in [4.78, 5) is -0.128. The molecule has 0 saturated heterocycles. The molecule has 0 amide bonds. The lowest BCUT2D eigenvalue weighted by molar-refractivity contribution is 0.427. The quantitative estimate of drug-likeness (QED) is 0.580. The summed E-state index contributed by atoms with van der Waals surface area (Å²) in [7, 11) is -3.90. The van der Waals surface area contributed by atoms with E-state index < -0.39 is 15.8 Å². The second kappa shape index (κ2) is 7.71. The Labute approximate surface area is 181 Å². The maximum Gasteiger partial charge on any atom is 0.261 e. The molecule has 0 spiro atoms. The Kier molecular flexibility index (Phi) is 5.19. The number of hydrogen-bond donors (Lipinski definition) is 2. The maximum absolute atomic E-state index is 13.5. The van der Waals surface area contributed by atoms with Gasteiger partial charge in [0.05, 0.1) is 22.6 Å². The second-order valence-electron chi connectivity index (χ2n) is 8.35. The molecule has 1 heterocycles. The lowest BCUT2D eigenvalue weighted by atomic mass is 9.73. The zero-order chi connectivity index (χ0) is 22.2. The van der Waals surface area contributed by atoms with Crippen molar-refractivity contribution in [2.24, 2.45) is 0 Å². The number of halogens is 1. The number of nitrogens with zero attached hydrogens (tertiary/aromatic N) is 1. The van der Waals surface area contributed by atoms with Gasteiger partial charge in [0.25, 0.3) is 10.0 Å². The van der Waals surface area contributed by atoms with Gasteiger partial charge in [-0.3, -0.25) is 4.72 Å². The standard InChI is InChI=1S/C24H22FN3O2S/c1-24(2)14-23(27-22-10-9-16(15-26)11-21(22)24)17-5-3-7-19(12-17)28-31(29,30)20-8-4-6-18(25)13-20/h3-13,23,27-28H,14H2,1-2H3. The molecule has 0 radical (unpaired) electrons. The normalized spacial score (nSPS) is 17.2. The summed E-state index contributed by atoms with van der Waals surface area (Å²) in [6.07, 6.45) is 0.773. The molecular weight excluding hydrogens is 413 g/mol. The fourth-order valence-electron chi connectivity index (χ4n) is 4.03. The minimum absolute atomic E-state index is 0.0333. The molecule has 7 heteroatoms. The predicted octanol–water partition coefficient (Wildman–Crippen LogP) is 5.33. The van der Waals surface area contributed by atoms with Crippen molar-refractivity contribution in [2.45, 2.75) is 36.6 Å². The number of sulfonamides is 1. The summed E-state index contributed by atoms with van der Waals surface area (Å²) in [5.41, 5.74) is 3.85. The van der Waals surface area contributed by atoms with Crippen LogP contribution >= 0.6 is 0 Å². The van der Waals surface area contributed by atoms with E-state index in [2.05, 4.69) is 30.0 Å². The fraction of sp³-hybridized carbons (Fsp3) is 0.208. The Bertz CT molecular complexity index is 1300. The number of anilines is 2. The van der Waals surface area contributed by atoms with E-state index in [9.17, 15) is 18.1 Å². The van der Waals surface area contributed by atoms with Crippen LogP contribution < -0.4 is 10.0 Å².